The van der Waals surface area contributed by atoms with Gasteiger partial charge in [-0.05, 0) is 80.7 Å². The molecule has 2 nitrogen and oxygen atoms in total. The van der Waals surface area contributed by atoms with Crippen LogP contribution in [0.4, 0.5) is 0 Å². The van der Waals surface area contributed by atoms with Gasteiger partial charge in [0.15, 0.2) is 7.28 Å². The molecule has 1 N–H and O–H groups in total. The molecule has 2 aliphatic heterocycles. The Hall–Kier alpha value is -3.30. The molecular formula is C42H59BN2. The maximum absolute atomic E-state index is 4.22. The van der Waals surface area contributed by atoms with Gasteiger partial charge in [-0.1, -0.05) is 149 Å². The smallest absolute Gasteiger partial charge is 0.192 e. The Morgan fingerprint density at radius 1 is 0.667 bits per heavy atom. The van der Waals surface area contributed by atoms with E-state index in [2.05, 4.69) is 98.3 Å². The van der Waals surface area contributed by atoms with Crippen LogP contribution in [0.2, 0.25) is 0 Å². The lowest BCUT2D eigenvalue weighted by Gasteiger charge is -2.44. The van der Waals surface area contributed by atoms with Crippen molar-refractivity contribution in [1.82, 2.24) is 10.2 Å². The molecule has 1 aliphatic carbocycles. The average Bonchev–Trinajstić information content (AvgIpc) is 3.06. The van der Waals surface area contributed by atoms with Crippen molar-refractivity contribution in [3.05, 3.63) is 146 Å². The summed E-state index contributed by atoms with van der Waals surface area (Å²) in [6.07, 6.45) is 42.0. The van der Waals surface area contributed by atoms with E-state index >= 15 is 0 Å². The van der Waals surface area contributed by atoms with Crippen molar-refractivity contribution in [2.24, 2.45) is 11.8 Å². The molecule has 0 radical (unpaired) electrons. The largest absolute Gasteiger partial charge is 0.382 e. The topological polar surface area (TPSA) is 15.3 Å². The Morgan fingerprint density at radius 2 is 1.27 bits per heavy atom. The second-order valence-electron chi connectivity index (χ2n) is 12.8. The third-order valence-corrected chi connectivity index (χ3v) is 9.85. The minimum Gasteiger partial charge on any atom is -0.382 e. The van der Waals surface area contributed by atoms with Crippen LogP contribution in [0.1, 0.15) is 77.0 Å². The molecular weight excluding hydrogens is 543 g/mol. The van der Waals surface area contributed by atoms with E-state index < -0.39 is 0 Å². The Balaban J connectivity index is 1.84. The SMILES string of the molecule is C=C/C=C\C1=C(C=C)BC(C=C)=C(/C=C\C=C)C1C1CCCN(C2CCCCCCCC(NC(/C=C\C=C)=C/C=C)CCC2)C1. The molecule has 45 heavy (non-hydrogen) atoms. The van der Waals surface area contributed by atoms with Gasteiger partial charge < -0.3 is 10.2 Å². The summed E-state index contributed by atoms with van der Waals surface area (Å²) in [6, 6.07) is 1.13. The number of nitrogens with one attached hydrogen (secondary N) is 1. The van der Waals surface area contributed by atoms with Gasteiger partial charge in [0.1, 0.15) is 0 Å². The number of hydrogen-bond acceptors (Lipinski definition) is 2. The van der Waals surface area contributed by atoms with Crippen molar-refractivity contribution in [3.63, 3.8) is 0 Å². The summed E-state index contributed by atoms with van der Waals surface area (Å²) < 4.78 is 0. The van der Waals surface area contributed by atoms with Crippen molar-refractivity contribution in [3.8, 4) is 0 Å². The van der Waals surface area contributed by atoms with Crippen LogP contribution in [0.25, 0.3) is 0 Å². The Bertz CT molecular complexity index is 1160. The van der Waals surface area contributed by atoms with Crippen LogP contribution in [-0.2, 0) is 0 Å². The lowest BCUT2D eigenvalue weighted by atomic mass is 9.52. The second-order valence-corrected chi connectivity index (χ2v) is 12.8. The summed E-state index contributed by atoms with van der Waals surface area (Å²) >= 11 is 0. The summed E-state index contributed by atoms with van der Waals surface area (Å²) in [7, 11) is 0.873. The van der Waals surface area contributed by atoms with Crippen LogP contribution in [0.3, 0.4) is 0 Å². The molecule has 3 aliphatic rings. The molecule has 0 aromatic rings. The first kappa shape index (κ1) is 36.2. The minimum absolute atomic E-state index is 0.313. The maximum Gasteiger partial charge on any atom is 0.192 e. The Morgan fingerprint density at radius 3 is 1.89 bits per heavy atom. The molecule has 2 fully saturated rings. The summed E-state index contributed by atoms with van der Waals surface area (Å²) in [4.78, 5) is 2.87. The molecule has 1 saturated heterocycles. The molecule has 0 bridgehead atoms. The molecule has 3 unspecified atom stereocenters. The van der Waals surface area contributed by atoms with E-state index in [0.29, 0.717) is 23.9 Å². The molecule has 3 rings (SSSR count). The first-order valence-corrected chi connectivity index (χ1v) is 17.5. The minimum atomic E-state index is 0.313. The quantitative estimate of drug-likeness (QED) is 0.167. The van der Waals surface area contributed by atoms with Gasteiger partial charge in [0, 0.05) is 30.2 Å². The predicted octanol–water partition coefficient (Wildman–Crippen LogP) is 10.2. The fourth-order valence-corrected chi connectivity index (χ4v) is 7.66. The van der Waals surface area contributed by atoms with Crippen LogP contribution in [-0.4, -0.2) is 37.4 Å². The Labute approximate surface area is 277 Å². The first-order valence-electron chi connectivity index (χ1n) is 17.5. The van der Waals surface area contributed by atoms with Gasteiger partial charge in [-0.2, -0.15) is 0 Å². The van der Waals surface area contributed by atoms with Gasteiger partial charge in [-0.25, -0.2) is 0 Å². The number of hydrogen-bond donors (Lipinski definition) is 1. The van der Waals surface area contributed by atoms with Gasteiger partial charge in [-0.3, -0.25) is 0 Å². The van der Waals surface area contributed by atoms with E-state index in [4.69, 9.17) is 0 Å². The van der Waals surface area contributed by atoms with Crippen molar-refractivity contribution in [2.75, 3.05) is 13.1 Å². The molecule has 3 heteroatoms. The molecule has 240 valence electrons. The van der Waals surface area contributed by atoms with Gasteiger partial charge >= 0.3 is 0 Å². The zero-order valence-corrected chi connectivity index (χ0v) is 28.1. The average molecular weight is 603 g/mol. The fraction of sp³-hybridized carbons (Fsp3) is 0.429. The van der Waals surface area contributed by atoms with Crippen molar-refractivity contribution in [2.45, 2.75) is 89.1 Å². The summed E-state index contributed by atoms with van der Waals surface area (Å²) in [5, 5.41) is 3.84. The van der Waals surface area contributed by atoms with E-state index in [1.165, 1.54) is 106 Å². The van der Waals surface area contributed by atoms with Crippen molar-refractivity contribution in [1.29, 1.82) is 0 Å². The lowest BCUT2D eigenvalue weighted by Crippen LogP contribution is -2.45. The fourth-order valence-electron chi connectivity index (χ4n) is 7.66. The normalized spacial score (nSPS) is 25.4. The van der Waals surface area contributed by atoms with Crippen LogP contribution in [0.15, 0.2) is 146 Å². The molecule has 0 aromatic heterocycles. The van der Waals surface area contributed by atoms with Crippen LogP contribution < -0.4 is 5.32 Å². The van der Waals surface area contributed by atoms with Gasteiger partial charge in [0.2, 0.25) is 0 Å². The standard InChI is InChI=1S/C42H59BN2/c1-7-13-25-35(23-10-4)44-36-26-19-17-16-18-20-28-37(29-21-27-36)45-32-22-24-34(33-45)42-38(30-14-8-2)40(11-5)43-41(12-6)39(42)31-15-9-3/h7-15,23,25,30-31,34,36-37,42-44H,1-6,16-22,24,26-29,32-33H2/b25-13-,30-14-,31-15-,35-23+. The predicted molar refractivity (Wildman–Crippen MR) is 203 cm³/mol. The number of allylic oxidation sites excluding steroid dienone is 17. The lowest BCUT2D eigenvalue weighted by molar-refractivity contribution is 0.0953. The Kier molecular flexibility index (Phi) is 16.6. The van der Waals surface area contributed by atoms with E-state index in [0.717, 1.165) is 19.5 Å². The van der Waals surface area contributed by atoms with Crippen LogP contribution in [0, 0.1) is 11.8 Å². The van der Waals surface area contributed by atoms with Gasteiger partial charge in [0.25, 0.3) is 0 Å². The third kappa shape index (κ3) is 11.2. The first-order chi connectivity index (χ1) is 22.1. The summed E-state index contributed by atoms with van der Waals surface area (Å²) in [6.45, 7) is 26.5. The van der Waals surface area contributed by atoms with E-state index in [1.54, 1.807) is 0 Å². The van der Waals surface area contributed by atoms with Crippen molar-refractivity contribution < 1.29 is 0 Å². The summed E-state index contributed by atoms with van der Waals surface area (Å²) in [5.74, 6) is 0.852. The molecule has 2 heterocycles. The number of nitrogens with zero attached hydrogens (tertiary/aromatic N) is 1. The van der Waals surface area contributed by atoms with Gasteiger partial charge in [0.05, 0.1) is 0 Å². The molecule has 3 atom stereocenters. The van der Waals surface area contributed by atoms with Crippen LogP contribution in [0.5, 0.6) is 0 Å². The van der Waals surface area contributed by atoms with E-state index in [1.807, 2.05) is 30.4 Å². The summed E-state index contributed by atoms with van der Waals surface area (Å²) in [5.41, 5.74) is 6.56. The van der Waals surface area contributed by atoms with Crippen LogP contribution >= 0.6 is 0 Å². The van der Waals surface area contributed by atoms with Crippen molar-refractivity contribution >= 4 is 7.28 Å². The molecule has 0 amide bonds. The number of rotatable bonds is 13. The highest BCUT2D eigenvalue weighted by Crippen LogP contribution is 2.42. The number of piperidine rings is 1. The third-order valence-electron chi connectivity index (χ3n) is 9.85. The molecule has 0 aromatic carbocycles. The highest BCUT2D eigenvalue weighted by atomic mass is 15.2. The zero-order chi connectivity index (χ0) is 32.3. The maximum atomic E-state index is 4.22. The molecule has 1 saturated carbocycles. The highest BCUT2D eigenvalue weighted by Gasteiger charge is 2.36. The highest BCUT2D eigenvalue weighted by molar-refractivity contribution is 6.57. The monoisotopic (exact) mass is 602 g/mol. The second kappa shape index (κ2) is 20.7. The van der Waals surface area contributed by atoms with Gasteiger partial charge in [-0.15, -0.1) is 0 Å². The van der Waals surface area contributed by atoms with E-state index in [-0.39, 0.29) is 0 Å². The number of likely N-dealkylation sites (tertiary alicyclic amines) is 1. The zero-order valence-electron chi connectivity index (χ0n) is 28.1. The van der Waals surface area contributed by atoms with E-state index in [9.17, 15) is 0 Å². The molecule has 0 spiro atoms.